The molecule has 0 aliphatic heterocycles. The Morgan fingerprint density at radius 3 is 2.82 bits per heavy atom. The highest BCUT2D eigenvalue weighted by molar-refractivity contribution is 14.1. The van der Waals surface area contributed by atoms with Crippen molar-refractivity contribution in [3.8, 4) is 0 Å². The summed E-state index contributed by atoms with van der Waals surface area (Å²) in [7, 11) is 0. The number of hydrogen-bond donors (Lipinski definition) is 1. The van der Waals surface area contributed by atoms with Crippen LogP contribution in [0.3, 0.4) is 0 Å². The van der Waals surface area contributed by atoms with E-state index in [1.807, 2.05) is 0 Å². The molecule has 0 saturated carbocycles. The molecule has 2 heteroatoms. The Morgan fingerprint density at radius 2 is 2.18 bits per heavy atom. The van der Waals surface area contributed by atoms with E-state index < -0.39 is 0 Å². The Hall–Kier alpha value is -0.250. The minimum atomic E-state index is 0.987. The third-order valence-corrected chi connectivity index (χ3v) is 2.80. The average Bonchev–Trinajstić information content (AvgIpc) is 1.99. The first kappa shape index (κ1) is 8.84. The number of rotatable bonds is 2. The molecule has 0 saturated heterocycles. The molecule has 0 heterocycles. The summed E-state index contributed by atoms with van der Waals surface area (Å²) in [6, 6.07) is 6.31. The number of anilines is 1. The third-order valence-electron chi connectivity index (χ3n) is 1.63. The van der Waals surface area contributed by atoms with Crippen LogP contribution in [-0.4, -0.2) is 6.54 Å². The van der Waals surface area contributed by atoms with Gasteiger partial charge in [0.15, 0.2) is 0 Å². The van der Waals surface area contributed by atoms with E-state index in [0.29, 0.717) is 0 Å². The highest BCUT2D eigenvalue weighted by Crippen LogP contribution is 2.19. The Morgan fingerprint density at radius 1 is 1.45 bits per heavy atom. The lowest BCUT2D eigenvalue weighted by Crippen LogP contribution is -1.99. The molecule has 11 heavy (non-hydrogen) atoms. The van der Waals surface area contributed by atoms with Crippen LogP contribution in [0.25, 0.3) is 0 Å². The first-order valence-corrected chi connectivity index (χ1v) is 4.82. The minimum absolute atomic E-state index is 0.987. The standard InChI is InChI=1S/C9H12IN/c1-3-11-9-6-4-5-8(10)7(9)2/h4-6,11H,3H2,1-2H3. The van der Waals surface area contributed by atoms with Crippen LogP contribution in [0, 0.1) is 10.5 Å². The van der Waals surface area contributed by atoms with Crippen molar-refractivity contribution in [1.29, 1.82) is 0 Å². The fraction of sp³-hybridized carbons (Fsp3) is 0.333. The Bertz CT molecular complexity index is 245. The molecule has 0 spiro atoms. The quantitative estimate of drug-likeness (QED) is 0.807. The third kappa shape index (κ3) is 2.09. The van der Waals surface area contributed by atoms with Gasteiger partial charge < -0.3 is 5.32 Å². The maximum absolute atomic E-state index is 3.31. The van der Waals surface area contributed by atoms with Gasteiger partial charge in [0.2, 0.25) is 0 Å². The summed E-state index contributed by atoms with van der Waals surface area (Å²) in [6.07, 6.45) is 0. The Labute approximate surface area is 81.3 Å². The second-order valence-corrected chi connectivity index (χ2v) is 3.60. The summed E-state index contributed by atoms with van der Waals surface area (Å²) >= 11 is 2.35. The zero-order valence-corrected chi connectivity index (χ0v) is 8.97. The van der Waals surface area contributed by atoms with E-state index in [1.54, 1.807) is 0 Å². The maximum Gasteiger partial charge on any atom is 0.0380 e. The summed E-state index contributed by atoms with van der Waals surface area (Å²) in [4.78, 5) is 0. The Balaban J connectivity index is 2.96. The zero-order chi connectivity index (χ0) is 8.27. The number of hydrogen-bond acceptors (Lipinski definition) is 1. The van der Waals surface area contributed by atoms with Crippen LogP contribution in [0.1, 0.15) is 12.5 Å². The van der Waals surface area contributed by atoms with Gasteiger partial charge in [-0.05, 0) is 54.1 Å². The molecular formula is C9H12IN. The van der Waals surface area contributed by atoms with Crippen LogP contribution in [0.5, 0.6) is 0 Å². The molecule has 0 amide bonds. The van der Waals surface area contributed by atoms with Gasteiger partial charge in [-0.3, -0.25) is 0 Å². The highest BCUT2D eigenvalue weighted by Gasteiger charge is 1.98. The van der Waals surface area contributed by atoms with E-state index in [-0.39, 0.29) is 0 Å². The van der Waals surface area contributed by atoms with E-state index in [0.717, 1.165) is 6.54 Å². The predicted octanol–water partition coefficient (Wildman–Crippen LogP) is 3.03. The second kappa shape index (κ2) is 3.95. The van der Waals surface area contributed by atoms with Crippen LogP contribution < -0.4 is 5.32 Å². The predicted molar refractivity (Wildman–Crippen MR) is 58.1 cm³/mol. The van der Waals surface area contributed by atoms with Gasteiger partial charge >= 0.3 is 0 Å². The van der Waals surface area contributed by atoms with Crippen molar-refractivity contribution < 1.29 is 0 Å². The van der Waals surface area contributed by atoms with Crippen LogP contribution >= 0.6 is 22.6 Å². The second-order valence-electron chi connectivity index (χ2n) is 2.44. The fourth-order valence-electron chi connectivity index (χ4n) is 0.989. The first-order valence-electron chi connectivity index (χ1n) is 3.74. The van der Waals surface area contributed by atoms with Crippen molar-refractivity contribution in [1.82, 2.24) is 0 Å². The normalized spacial score (nSPS) is 9.73. The highest BCUT2D eigenvalue weighted by atomic mass is 127. The van der Waals surface area contributed by atoms with Crippen LogP contribution in [-0.2, 0) is 0 Å². The maximum atomic E-state index is 3.31. The number of halogens is 1. The van der Waals surface area contributed by atoms with Gasteiger partial charge in [0.25, 0.3) is 0 Å². The first-order chi connectivity index (χ1) is 5.25. The molecule has 1 nitrogen and oxygen atoms in total. The van der Waals surface area contributed by atoms with Crippen molar-refractivity contribution in [2.75, 3.05) is 11.9 Å². The molecule has 0 radical (unpaired) electrons. The largest absolute Gasteiger partial charge is 0.385 e. The summed E-state index contributed by atoms with van der Waals surface area (Å²) in [5, 5.41) is 3.31. The minimum Gasteiger partial charge on any atom is -0.385 e. The molecule has 0 aromatic heterocycles. The lowest BCUT2D eigenvalue weighted by molar-refractivity contribution is 1.19. The number of benzene rings is 1. The van der Waals surface area contributed by atoms with Gasteiger partial charge in [-0.1, -0.05) is 6.07 Å². The SMILES string of the molecule is CCNc1cccc(I)c1C. The molecule has 0 aliphatic carbocycles. The van der Waals surface area contributed by atoms with Gasteiger partial charge in [-0.25, -0.2) is 0 Å². The van der Waals surface area contributed by atoms with Crippen molar-refractivity contribution in [3.63, 3.8) is 0 Å². The van der Waals surface area contributed by atoms with E-state index in [9.17, 15) is 0 Å². The fourth-order valence-corrected chi connectivity index (χ4v) is 1.49. The van der Waals surface area contributed by atoms with E-state index in [4.69, 9.17) is 0 Å². The summed E-state index contributed by atoms with van der Waals surface area (Å²) in [5.74, 6) is 0. The van der Waals surface area contributed by atoms with Crippen LogP contribution in [0.4, 0.5) is 5.69 Å². The molecule has 0 bridgehead atoms. The van der Waals surface area contributed by atoms with Gasteiger partial charge in [0, 0.05) is 15.8 Å². The van der Waals surface area contributed by atoms with E-state index in [1.165, 1.54) is 14.8 Å². The van der Waals surface area contributed by atoms with Crippen LogP contribution in [0.15, 0.2) is 18.2 Å². The molecular weight excluding hydrogens is 249 g/mol. The molecule has 0 aliphatic rings. The molecule has 1 rings (SSSR count). The van der Waals surface area contributed by atoms with E-state index >= 15 is 0 Å². The zero-order valence-electron chi connectivity index (χ0n) is 6.82. The molecule has 1 aromatic carbocycles. The lowest BCUT2D eigenvalue weighted by atomic mass is 10.2. The molecule has 1 N–H and O–H groups in total. The van der Waals surface area contributed by atoms with Crippen molar-refractivity contribution in [3.05, 3.63) is 27.3 Å². The van der Waals surface area contributed by atoms with Crippen molar-refractivity contribution in [2.24, 2.45) is 0 Å². The molecule has 0 atom stereocenters. The van der Waals surface area contributed by atoms with Crippen LogP contribution in [0.2, 0.25) is 0 Å². The number of nitrogens with one attached hydrogen (secondary N) is 1. The molecule has 60 valence electrons. The molecule has 0 fully saturated rings. The van der Waals surface area contributed by atoms with Crippen molar-refractivity contribution >= 4 is 28.3 Å². The van der Waals surface area contributed by atoms with Gasteiger partial charge in [0.1, 0.15) is 0 Å². The lowest BCUT2D eigenvalue weighted by Gasteiger charge is -2.07. The summed E-state index contributed by atoms with van der Waals surface area (Å²) in [5.41, 5.74) is 2.59. The Kier molecular flexibility index (Phi) is 3.17. The van der Waals surface area contributed by atoms with Gasteiger partial charge in [-0.15, -0.1) is 0 Å². The molecule has 1 aromatic rings. The molecule has 0 unspecified atom stereocenters. The van der Waals surface area contributed by atoms with Gasteiger partial charge in [-0.2, -0.15) is 0 Å². The average molecular weight is 261 g/mol. The topological polar surface area (TPSA) is 12.0 Å². The van der Waals surface area contributed by atoms with Crippen molar-refractivity contribution in [2.45, 2.75) is 13.8 Å². The summed E-state index contributed by atoms with van der Waals surface area (Å²) < 4.78 is 1.32. The van der Waals surface area contributed by atoms with E-state index in [2.05, 4.69) is 60.0 Å². The smallest absolute Gasteiger partial charge is 0.0380 e. The van der Waals surface area contributed by atoms with Gasteiger partial charge in [0.05, 0.1) is 0 Å². The monoisotopic (exact) mass is 261 g/mol. The summed E-state index contributed by atoms with van der Waals surface area (Å²) in [6.45, 7) is 5.24.